The molecule has 172 valence electrons. The third-order valence-electron chi connectivity index (χ3n) is 5.36. The molecule has 7 nitrogen and oxygen atoms in total. The molecule has 0 aliphatic rings. The second kappa shape index (κ2) is 9.89. The van der Waals surface area contributed by atoms with Crippen LogP contribution in [0.1, 0.15) is 27.3 Å². The minimum absolute atomic E-state index is 0.105. The Hall–Kier alpha value is -3.97. The van der Waals surface area contributed by atoms with Crippen LogP contribution in [0.5, 0.6) is 0 Å². The number of aromatic nitrogens is 2. The fourth-order valence-corrected chi connectivity index (χ4v) is 3.98. The zero-order chi connectivity index (χ0) is 24.2. The highest BCUT2D eigenvalue weighted by Gasteiger charge is 2.18. The lowest BCUT2D eigenvalue weighted by molar-refractivity contribution is -0.136. The first kappa shape index (κ1) is 23.2. The van der Waals surface area contributed by atoms with Gasteiger partial charge in [0.1, 0.15) is 16.8 Å². The van der Waals surface area contributed by atoms with Crippen LogP contribution in [0.2, 0.25) is 5.15 Å². The number of halogens is 1. The first-order valence-corrected chi connectivity index (χ1v) is 11.0. The number of benzene rings is 3. The summed E-state index contributed by atoms with van der Waals surface area (Å²) in [7, 11) is 3.54. The highest BCUT2D eigenvalue weighted by molar-refractivity contribution is 6.30. The number of carboxylic acids is 1. The number of nitrogens with one attached hydrogen (secondary N) is 1. The Bertz CT molecular complexity index is 1390. The van der Waals surface area contributed by atoms with Crippen LogP contribution in [0.25, 0.3) is 10.8 Å². The van der Waals surface area contributed by atoms with E-state index < -0.39 is 5.97 Å². The Kier molecular flexibility index (Phi) is 6.75. The smallest absolute Gasteiger partial charge is 0.308 e. The van der Waals surface area contributed by atoms with Crippen LogP contribution in [0, 0.1) is 0 Å². The van der Waals surface area contributed by atoms with Crippen LogP contribution in [-0.4, -0.2) is 41.0 Å². The summed E-state index contributed by atoms with van der Waals surface area (Å²) >= 11 is 6.33. The van der Waals surface area contributed by atoms with Gasteiger partial charge in [-0.1, -0.05) is 60.1 Å². The molecule has 0 unspecified atom stereocenters. The number of rotatable bonds is 7. The lowest BCUT2D eigenvalue weighted by atomic mass is 10.1. The Morgan fingerprint density at radius 2 is 1.68 bits per heavy atom. The van der Waals surface area contributed by atoms with Gasteiger partial charge < -0.3 is 15.3 Å². The van der Waals surface area contributed by atoms with Crippen molar-refractivity contribution in [1.82, 2.24) is 9.97 Å². The summed E-state index contributed by atoms with van der Waals surface area (Å²) in [5.74, 6) is -0.351. The zero-order valence-corrected chi connectivity index (χ0v) is 19.5. The predicted molar refractivity (Wildman–Crippen MR) is 134 cm³/mol. The molecule has 0 spiro atoms. The summed E-state index contributed by atoms with van der Waals surface area (Å²) < 4.78 is 0. The summed E-state index contributed by atoms with van der Waals surface area (Å²) in [5.41, 5.74) is 2.37. The summed E-state index contributed by atoms with van der Waals surface area (Å²) in [6.07, 6.45) is 0.0348. The minimum Gasteiger partial charge on any atom is -0.481 e. The molecular formula is C26H23ClN4O3. The normalized spacial score (nSPS) is 10.8. The topological polar surface area (TPSA) is 95.4 Å². The molecule has 0 saturated heterocycles. The average molecular weight is 475 g/mol. The molecule has 0 fully saturated rings. The molecule has 8 heteroatoms. The zero-order valence-electron chi connectivity index (χ0n) is 18.7. The van der Waals surface area contributed by atoms with Crippen LogP contribution in [0.4, 0.5) is 11.5 Å². The lowest BCUT2D eigenvalue weighted by Crippen LogP contribution is -2.18. The third-order valence-corrected chi connectivity index (χ3v) is 5.67. The number of carboxylic acid groups (broad SMARTS) is 1. The standard InChI is InChI=1S/C26H23ClN4O3/c1-31(2)25-20(15-23(32)33)24(27)29-22(30-25)14-18-9-5-6-10-21(18)28-26(34)19-12-11-16-7-3-4-8-17(16)13-19/h3-13H,14-15H2,1-2H3,(H,28,34)(H,32,33). The number of amides is 1. The number of hydrogen-bond acceptors (Lipinski definition) is 5. The molecule has 34 heavy (non-hydrogen) atoms. The largest absolute Gasteiger partial charge is 0.481 e. The molecular weight excluding hydrogens is 452 g/mol. The van der Waals surface area contributed by atoms with Gasteiger partial charge in [-0.2, -0.15) is 0 Å². The van der Waals surface area contributed by atoms with E-state index in [1.165, 1.54) is 0 Å². The van der Waals surface area contributed by atoms with Crippen LogP contribution >= 0.6 is 11.6 Å². The summed E-state index contributed by atoms with van der Waals surface area (Å²) in [6, 6.07) is 20.9. The molecule has 0 aliphatic carbocycles. The van der Waals surface area contributed by atoms with Crippen LogP contribution in [0.15, 0.2) is 66.7 Å². The van der Waals surface area contributed by atoms with E-state index in [0.717, 1.165) is 16.3 Å². The minimum atomic E-state index is -1.01. The van der Waals surface area contributed by atoms with E-state index in [9.17, 15) is 14.7 Å². The molecule has 1 aromatic heterocycles. The fourth-order valence-electron chi connectivity index (χ4n) is 3.73. The average Bonchev–Trinajstić information content (AvgIpc) is 2.81. The summed E-state index contributed by atoms with van der Waals surface area (Å²) in [5, 5.41) is 14.3. The number of para-hydroxylation sites is 1. The fraction of sp³-hybridized carbons (Fsp3) is 0.154. The van der Waals surface area contributed by atoms with Gasteiger partial charge in [-0.05, 0) is 34.5 Å². The first-order chi connectivity index (χ1) is 16.3. The van der Waals surface area contributed by atoms with Crippen molar-refractivity contribution in [3.8, 4) is 0 Å². The Labute approximate surface area is 202 Å². The molecule has 0 radical (unpaired) electrons. The molecule has 3 aromatic carbocycles. The van der Waals surface area contributed by atoms with E-state index in [2.05, 4.69) is 15.3 Å². The quantitative estimate of drug-likeness (QED) is 0.373. The van der Waals surface area contributed by atoms with Crippen molar-refractivity contribution in [2.45, 2.75) is 12.8 Å². The van der Waals surface area contributed by atoms with Crippen molar-refractivity contribution in [3.05, 3.63) is 94.4 Å². The molecule has 1 amide bonds. The summed E-state index contributed by atoms with van der Waals surface area (Å²) in [4.78, 5) is 34.8. The molecule has 4 rings (SSSR count). The first-order valence-electron chi connectivity index (χ1n) is 10.6. The maximum atomic E-state index is 13.0. The van der Waals surface area contributed by atoms with Gasteiger partial charge in [-0.3, -0.25) is 9.59 Å². The van der Waals surface area contributed by atoms with Gasteiger partial charge in [0.2, 0.25) is 0 Å². The maximum Gasteiger partial charge on any atom is 0.308 e. The second-order valence-corrected chi connectivity index (χ2v) is 8.41. The van der Waals surface area contributed by atoms with Crippen LogP contribution in [0.3, 0.4) is 0 Å². The van der Waals surface area contributed by atoms with Gasteiger partial charge in [0.25, 0.3) is 5.91 Å². The van der Waals surface area contributed by atoms with Gasteiger partial charge in [0.05, 0.1) is 6.42 Å². The number of carbonyl (C=O) groups is 2. The molecule has 0 aliphatic heterocycles. The van der Waals surface area contributed by atoms with Crippen molar-refractivity contribution >= 4 is 45.8 Å². The van der Waals surface area contributed by atoms with Crippen LogP contribution in [-0.2, 0) is 17.6 Å². The van der Waals surface area contributed by atoms with Crippen molar-refractivity contribution < 1.29 is 14.7 Å². The van der Waals surface area contributed by atoms with Crippen LogP contribution < -0.4 is 10.2 Å². The Morgan fingerprint density at radius 1 is 0.971 bits per heavy atom. The predicted octanol–water partition coefficient (Wildman–Crippen LogP) is 4.82. The monoisotopic (exact) mass is 474 g/mol. The number of hydrogen-bond donors (Lipinski definition) is 2. The SMILES string of the molecule is CN(C)c1nc(Cc2ccccc2NC(=O)c2ccc3ccccc3c2)nc(Cl)c1CC(=O)O. The highest BCUT2D eigenvalue weighted by Crippen LogP contribution is 2.26. The van der Waals surface area contributed by atoms with Crippen molar-refractivity contribution in [2.24, 2.45) is 0 Å². The van der Waals surface area contributed by atoms with Gasteiger partial charge in [-0.25, -0.2) is 9.97 Å². The molecule has 0 bridgehead atoms. The van der Waals surface area contributed by atoms with E-state index >= 15 is 0 Å². The van der Waals surface area contributed by atoms with Crippen molar-refractivity contribution in [1.29, 1.82) is 0 Å². The van der Waals surface area contributed by atoms with E-state index in [1.807, 2.05) is 60.7 Å². The van der Waals surface area contributed by atoms with Gasteiger partial charge >= 0.3 is 5.97 Å². The molecule has 0 saturated carbocycles. The maximum absolute atomic E-state index is 13.0. The molecule has 0 atom stereocenters. The van der Waals surface area contributed by atoms with Gasteiger partial charge in [0, 0.05) is 37.3 Å². The number of aliphatic carboxylic acids is 1. The van der Waals surface area contributed by atoms with E-state index in [4.69, 9.17) is 11.6 Å². The van der Waals surface area contributed by atoms with E-state index in [0.29, 0.717) is 34.9 Å². The number of fused-ring (bicyclic) bond motifs is 1. The molecule has 2 N–H and O–H groups in total. The Balaban J connectivity index is 1.61. The van der Waals surface area contributed by atoms with E-state index in [-0.39, 0.29) is 17.5 Å². The Morgan fingerprint density at radius 3 is 2.41 bits per heavy atom. The second-order valence-electron chi connectivity index (χ2n) is 8.05. The summed E-state index contributed by atoms with van der Waals surface area (Å²) in [6.45, 7) is 0. The molecule has 4 aromatic rings. The number of anilines is 2. The van der Waals surface area contributed by atoms with Crippen molar-refractivity contribution in [2.75, 3.05) is 24.3 Å². The van der Waals surface area contributed by atoms with Crippen molar-refractivity contribution in [3.63, 3.8) is 0 Å². The highest BCUT2D eigenvalue weighted by atomic mass is 35.5. The van der Waals surface area contributed by atoms with E-state index in [1.54, 1.807) is 25.1 Å². The third kappa shape index (κ3) is 5.15. The number of nitrogens with zero attached hydrogens (tertiary/aromatic N) is 3. The van der Waals surface area contributed by atoms with Gasteiger partial charge in [-0.15, -0.1) is 0 Å². The molecule has 1 heterocycles. The lowest BCUT2D eigenvalue weighted by Gasteiger charge is -2.18. The van der Waals surface area contributed by atoms with Gasteiger partial charge in [0.15, 0.2) is 0 Å². The number of carbonyl (C=O) groups excluding carboxylic acids is 1.